The van der Waals surface area contributed by atoms with E-state index < -0.39 is 5.97 Å². The van der Waals surface area contributed by atoms with E-state index in [2.05, 4.69) is 4.90 Å². The van der Waals surface area contributed by atoms with E-state index in [0.717, 1.165) is 18.5 Å². The van der Waals surface area contributed by atoms with E-state index in [1.807, 2.05) is 20.2 Å². The Morgan fingerprint density at radius 3 is 2.45 bits per heavy atom. The fourth-order valence-electron chi connectivity index (χ4n) is 2.28. The molecule has 0 saturated carbocycles. The van der Waals surface area contributed by atoms with Crippen LogP contribution in [0.25, 0.3) is 11.1 Å². The predicted molar refractivity (Wildman–Crippen MR) is 86.3 cm³/mol. The number of aryl methyl sites for hydroxylation is 1. The molecule has 22 heavy (non-hydrogen) atoms. The first kappa shape index (κ1) is 16.0. The number of aromatic carboxylic acids is 1. The number of carboxylic acids is 1. The van der Waals surface area contributed by atoms with Gasteiger partial charge in [0.2, 0.25) is 0 Å². The van der Waals surface area contributed by atoms with Crippen LogP contribution in [0.15, 0.2) is 47.4 Å². The predicted octanol–water partition coefficient (Wildman–Crippen LogP) is 2.17. The first-order chi connectivity index (χ1) is 10.5. The molecule has 0 spiro atoms. The van der Waals surface area contributed by atoms with Gasteiger partial charge in [0, 0.05) is 18.3 Å². The fraction of sp³-hybridized carbons (Fsp3) is 0.294. The maximum absolute atomic E-state index is 12.5. The van der Waals surface area contributed by atoms with Crippen molar-refractivity contribution >= 4 is 5.97 Å². The molecule has 0 radical (unpaired) electrons. The van der Waals surface area contributed by atoms with Crippen molar-refractivity contribution in [2.24, 2.45) is 0 Å². The summed E-state index contributed by atoms with van der Waals surface area (Å²) < 4.78 is 1.70. The topological polar surface area (TPSA) is 62.5 Å². The van der Waals surface area contributed by atoms with Crippen LogP contribution in [0.1, 0.15) is 16.8 Å². The highest BCUT2D eigenvalue weighted by Gasteiger charge is 2.08. The lowest BCUT2D eigenvalue weighted by atomic mass is 10.1. The third-order valence-electron chi connectivity index (χ3n) is 3.47. The van der Waals surface area contributed by atoms with Crippen LogP contribution in [0.3, 0.4) is 0 Å². The third kappa shape index (κ3) is 3.83. The Bertz CT molecular complexity index is 703. The number of nitrogens with zero attached hydrogens (tertiary/aromatic N) is 2. The largest absolute Gasteiger partial charge is 0.478 e. The molecule has 1 N–H and O–H groups in total. The van der Waals surface area contributed by atoms with Gasteiger partial charge in [0.1, 0.15) is 0 Å². The average Bonchev–Trinajstić information content (AvgIpc) is 2.49. The summed E-state index contributed by atoms with van der Waals surface area (Å²) in [5.41, 5.74) is 1.48. The summed E-state index contributed by atoms with van der Waals surface area (Å²) in [5.74, 6) is -0.972. The second-order valence-corrected chi connectivity index (χ2v) is 5.46. The van der Waals surface area contributed by atoms with Gasteiger partial charge < -0.3 is 14.6 Å². The number of benzene rings is 1. The number of pyridine rings is 1. The van der Waals surface area contributed by atoms with Gasteiger partial charge in [-0.2, -0.15) is 0 Å². The minimum Gasteiger partial charge on any atom is -0.478 e. The van der Waals surface area contributed by atoms with Crippen LogP contribution in [0.4, 0.5) is 0 Å². The molecule has 0 bridgehead atoms. The molecule has 0 aliphatic rings. The Labute approximate surface area is 129 Å². The number of aromatic nitrogens is 1. The van der Waals surface area contributed by atoms with Crippen LogP contribution in [0, 0.1) is 0 Å². The van der Waals surface area contributed by atoms with Gasteiger partial charge >= 0.3 is 5.97 Å². The lowest BCUT2D eigenvalue weighted by Gasteiger charge is -2.11. The van der Waals surface area contributed by atoms with Crippen LogP contribution in [-0.2, 0) is 6.54 Å². The SMILES string of the molecule is CN(C)CCCn1cccc(-c2ccc(C(=O)O)cc2)c1=O. The van der Waals surface area contributed by atoms with Crippen LogP contribution in [0.2, 0.25) is 0 Å². The smallest absolute Gasteiger partial charge is 0.335 e. The summed E-state index contributed by atoms with van der Waals surface area (Å²) in [6, 6.07) is 9.98. The van der Waals surface area contributed by atoms with Crippen LogP contribution in [0.5, 0.6) is 0 Å². The zero-order valence-electron chi connectivity index (χ0n) is 12.8. The number of carboxylic acid groups (broad SMARTS) is 1. The molecular formula is C17H20N2O3. The van der Waals surface area contributed by atoms with Gasteiger partial charge in [0.25, 0.3) is 5.56 Å². The Balaban J connectivity index is 2.24. The second-order valence-electron chi connectivity index (χ2n) is 5.46. The van der Waals surface area contributed by atoms with Crippen LogP contribution in [-0.4, -0.2) is 41.2 Å². The number of hydrogen-bond donors (Lipinski definition) is 1. The van der Waals surface area contributed by atoms with E-state index in [0.29, 0.717) is 12.1 Å². The maximum Gasteiger partial charge on any atom is 0.335 e. The fourth-order valence-corrected chi connectivity index (χ4v) is 2.28. The molecule has 1 heterocycles. The monoisotopic (exact) mass is 300 g/mol. The lowest BCUT2D eigenvalue weighted by Crippen LogP contribution is -2.23. The number of rotatable bonds is 6. The molecular weight excluding hydrogens is 280 g/mol. The van der Waals surface area contributed by atoms with Crippen molar-refractivity contribution in [1.82, 2.24) is 9.47 Å². The highest BCUT2D eigenvalue weighted by molar-refractivity contribution is 5.88. The summed E-state index contributed by atoms with van der Waals surface area (Å²) in [6.45, 7) is 1.59. The minimum atomic E-state index is -0.972. The maximum atomic E-state index is 12.5. The number of carbonyl (C=O) groups is 1. The molecule has 116 valence electrons. The summed E-state index contributed by atoms with van der Waals surface area (Å²) in [6.07, 6.45) is 2.68. The van der Waals surface area contributed by atoms with Crippen molar-refractivity contribution in [1.29, 1.82) is 0 Å². The quantitative estimate of drug-likeness (QED) is 0.888. The Morgan fingerprint density at radius 2 is 1.86 bits per heavy atom. The Hall–Kier alpha value is -2.40. The molecule has 0 fully saturated rings. The van der Waals surface area contributed by atoms with E-state index in [-0.39, 0.29) is 11.1 Å². The van der Waals surface area contributed by atoms with E-state index >= 15 is 0 Å². The highest BCUT2D eigenvalue weighted by atomic mass is 16.4. The van der Waals surface area contributed by atoms with E-state index in [1.54, 1.807) is 29.0 Å². The molecule has 5 heteroatoms. The van der Waals surface area contributed by atoms with E-state index in [1.165, 1.54) is 12.1 Å². The highest BCUT2D eigenvalue weighted by Crippen LogP contribution is 2.16. The molecule has 2 aromatic rings. The van der Waals surface area contributed by atoms with E-state index in [9.17, 15) is 9.59 Å². The molecule has 1 aromatic carbocycles. The van der Waals surface area contributed by atoms with Gasteiger partial charge in [-0.3, -0.25) is 4.79 Å². The first-order valence-electron chi connectivity index (χ1n) is 7.17. The van der Waals surface area contributed by atoms with Crippen LogP contribution < -0.4 is 5.56 Å². The van der Waals surface area contributed by atoms with Gasteiger partial charge in [-0.15, -0.1) is 0 Å². The van der Waals surface area contributed by atoms with Crippen molar-refractivity contribution in [3.05, 3.63) is 58.5 Å². The van der Waals surface area contributed by atoms with Gasteiger partial charge in [0.05, 0.1) is 5.56 Å². The van der Waals surface area contributed by atoms with Crippen LogP contribution >= 0.6 is 0 Å². The normalized spacial score (nSPS) is 10.9. The average molecular weight is 300 g/mol. The van der Waals surface area contributed by atoms with E-state index in [4.69, 9.17) is 5.11 Å². The molecule has 0 atom stereocenters. The molecule has 0 unspecified atom stereocenters. The van der Waals surface area contributed by atoms with Crippen molar-refractivity contribution in [3.8, 4) is 11.1 Å². The first-order valence-corrected chi connectivity index (χ1v) is 7.17. The molecule has 2 rings (SSSR count). The Kier molecular flexibility index (Phi) is 5.12. The third-order valence-corrected chi connectivity index (χ3v) is 3.47. The zero-order chi connectivity index (χ0) is 16.1. The summed E-state index contributed by atoms with van der Waals surface area (Å²) in [4.78, 5) is 25.5. The molecule has 1 aromatic heterocycles. The van der Waals surface area contributed by atoms with Crippen molar-refractivity contribution in [2.75, 3.05) is 20.6 Å². The standard InChI is InChI=1S/C17H20N2O3/c1-18(2)10-4-12-19-11-3-5-15(16(19)20)13-6-8-14(9-7-13)17(21)22/h3,5-9,11H,4,10,12H2,1-2H3,(H,21,22). The van der Waals surface area contributed by atoms with Crippen molar-refractivity contribution in [3.63, 3.8) is 0 Å². The summed E-state index contributed by atoms with van der Waals surface area (Å²) in [5, 5.41) is 8.92. The number of hydrogen-bond acceptors (Lipinski definition) is 3. The zero-order valence-corrected chi connectivity index (χ0v) is 12.8. The van der Waals surface area contributed by atoms with Crippen molar-refractivity contribution < 1.29 is 9.90 Å². The summed E-state index contributed by atoms with van der Waals surface area (Å²) in [7, 11) is 4.01. The summed E-state index contributed by atoms with van der Waals surface area (Å²) >= 11 is 0. The van der Waals surface area contributed by atoms with Crippen molar-refractivity contribution in [2.45, 2.75) is 13.0 Å². The lowest BCUT2D eigenvalue weighted by molar-refractivity contribution is 0.0697. The van der Waals surface area contributed by atoms with Gasteiger partial charge in [-0.05, 0) is 56.9 Å². The molecule has 0 amide bonds. The van der Waals surface area contributed by atoms with Gasteiger partial charge in [-0.1, -0.05) is 12.1 Å². The second kappa shape index (κ2) is 7.04. The van der Waals surface area contributed by atoms with Gasteiger partial charge in [0.15, 0.2) is 0 Å². The molecule has 0 aliphatic carbocycles. The minimum absolute atomic E-state index is 0.0515. The molecule has 0 aliphatic heterocycles. The Morgan fingerprint density at radius 1 is 1.18 bits per heavy atom. The molecule has 5 nitrogen and oxygen atoms in total. The molecule has 0 saturated heterocycles. The van der Waals surface area contributed by atoms with Gasteiger partial charge in [-0.25, -0.2) is 4.79 Å².